The van der Waals surface area contributed by atoms with Gasteiger partial charge in [-0.05, 0) is 42.5 Å². The zero-order valence-corrected chi connectivity index (χ0v) is 12.0. The Labute approximate surface area is 116 Å². The number of hydrogen-bond acceptors (Lipinski definition) is 3. The maximum Gasteiger partial charge on any atom is 0.122 e. The van der Waals surface area contributed by atoms with Crippen LogP contribution >= 0.6 is 0 Å². The predicted molar refractivity (Wildman–Crippen MR) is 77.5 cm³/mol. The van der Waals surface area contributed by atoms with Crippen molar-refractivity contribution in [1.82, 2.24) is 5.32 Å². The van der Waals surface area contributed by atoms with Crippen molar-refractivity contribution in [2.24, 2.45) is 5.92 Å². The Morgan fingerprint density at radius 3 is 3.00 bits per heavy atom. The molecule has 0 saturated heterocycles. The van der Waals surface area contributed by atoms with Gasteiger partial charge in [0.15, 0.2) is 0 Å². The van der Waals surface area contributed by atoms with Gasteiger partial charge >= 0.3 is 0 Å². The zero-order valence-electron chi connectivity index (χ0n) is 12.0. The minimum absolute atomic E-state index is 0.274. The van der Waals surface area contributed by atoms with Gasteiger partial charge in [-0.15, -0.1) is 0 Å². The largest absolute Gasteiger partial charge is 0.493 e. The summed E-state index contributed by atoms with van der Waals surface area (Å²) < 4.78 is 5.55. The van der Waals surface area contributed by atoms with Crippen molar-refractivity contribution in [2.75, 3.05) is 19.8 Å². The first-order valence-corrected chi connectivity index (χ1v) is 7.34. The molecule has 0 aliphatic carbocycles. The summed E-state index contributed by atoms with van der Waals surface area (Å²) in [7, 11) is 0. The fourth-order valence-electron chi connectivity index (χ4n) is 2.59. The van der Waals surface area contributed by atoms with Crippen molar-refractivity contribution in [3.63, 3.8) is 0 Å². The third-order valence-corrected chi connectivity index (χ3v) is 3.86. The number of aliphatic hydroxyl groups excluding tert-OH is 1. The van der Waals surface area contributed by atoms with Gasteiger partial charge in [0, 0.05) is 19.1 Å². The molecule has 2 unspecified atom stereocenters. The van der Waals surface area contributed by atoms with E-state index in [1.54, 1.807) is 0 Å². The maximum absolute atomic E-state index is 8.94. The Bertz CT molecular complexity index is 406. The number of nitrogens with one attached hydrogen (secondary N) is 1. The van der Waals surface area contributed by atoms with Gasteiger partial charge in [-0.25, -0.2) is 0 Å². The quantitative estimate of drug-likeness (QED) is 0.794. The number of rotatable bonds is 7. The number of benzene rings is 1. The molecule has 1 aliphatic heterocycles. The van der Waals surface area contributed by atoms with Crippen molar-refractivity contribution < 1.29 is 9.84 Å². The summed E-state index contributed by atoms with van der Waals surface area (Å²) in [4.78, 5) is 0. The van der Waals surface area contributed by atoms with Gasteiger partial charge in [0.2, 0.25) is 0 Å². The van der Waals surface area contributed by atoms with Gasteiger partial charge in [0.05, 0.1) is 6.61 Å². The van der Waals surface area contributed by atoms with E-state index in [4.69, 9.17) is 9.84 Å². The lowest BCUT2D eigenvalue weighted by atomic mass is 9.99. The van der Waals surface area contributed by atoms with Crippen LogP contribution in [-0.2, 0) is 6.42 Å². The summed E-state index contributed by atoms with van der Waals surface area (Å²) in [6.07, 6.45) is 2.97. The number of fused-ring (bicyclic) bond motifs is 1. The number of aliphatic hydroxyl groups is 1. The summed E-state index contributed by atoms with van der Waals surface area (Å²) in [6, 6.07) is 6.94. The first-order valence-electron chi connectivity index (χ1n) is 7.34. The van der Waals surface area contributed by atoms with Gasteiger partial charge in [-0.3, -0.25) is 0 Å². The molecule has 19 heavy (non-hydrogen) atoms. The molecule has 2 atom stereocenters. The third kappa shape index (κ3) is 3.71. The lowest BCUT2D eigenvalue weighted by Gasteiger charge is -2.20. The highest BCUT2D eigenvalue weighted by molar-refractivity contribution is 5.40. The molecule has 1 aliphatic rings. The van der Waals surface area contributed by atoms with E-state index in [1.165, 1.54) is 11.1 Å². The van der Waals surface area contributed by atoms with Crippen molar-refractivity contribution in [3.8, 4) is 5.75 Å². The summed E-state index contributed by atoms with van der Waals surface area (Å²) in [6.45, 7) is 6.42. The molecule has 2 rings (SSSR count). The molecule has 2 N–H and O–H groups in total. The van der Waals surface area contributed by atoms with Crippen LogP contribution in [0.3, 0.4) is 0 Å². The first-order chi connectivity index (χ1) is 9.24. The van der Waals surface area contributed by atoms with Crippen LogP contribution in [0.15, 0.2) is 18.2 Å². The van der Waals surface area contributed by atoms with E-state index in [0.717, 1.165) is 38.2 Å². The highest BCUT2D eigenvalue weighted by Crippen LogP contribution is 2.29. The average molecular weight is 263 g/mol. The molecular formula is C16H25NO2. The molecule has 0 radical (unpaired) electrons. The molecule has 0 fully saturated rings. The highest BCUT2D eigenvalue weighted by atomic mass is 16.5. The zero-order chi connectivity index (χ0) is 13.7. The van der Waals surface area contributed by atoms with Gasteiger partial charge in [0.25, 0.3) is 0 Å². The molecule has 0 amide bonds. The van der Waals surface area contributed by atoms with Gasteiger partial charge in [-0.1, -0.05) is 26.0 Å². The lowest BCUT2D eigenvalue weighted by molar-refractivity contribution is 0.257. The third-order valence-electron chi connectivity index (χ3n) is 3.86. The Morgan fingerprint density at radius 1 is 1.42 bits per heavy atom. The normalized spacial score (nSPS) is 16.8. The Morgan fingerprint density at radius 2 is 2.26 bits per heavy atom. The van der Waals surface area contributed by atoms with E-state index in [2.05, 4.69) is 37.4 Å². The van der Waals surface area contributed by atoms with Gasteiger partial charge in [0.1, 0.15) is 5.75 Å². The standard InChI is InChI=1S/C16H25NO2/c1-3-15(17-11-12(2)6-8-18)13-4-5-16-14(10-13)7-9-19-16/h4-5,10,12,15,17-18H,3,6-9,11H2,1-2H3. The molecule has 3 heteroatoms. The minimum Gasteiger partial charge on any atom is -0.493 e. The van der Waals surface area contributed by atoms with Crippen LogP contribution in [0.2, 0.25) is 0 Å². The van der Waals surface area contributed by atoms with E-state index < -0.39 is 0 Å². The second kappa shape index (κ2) is 6.92. The van der Waals surface area contributed by atoms with E-state index in [9.17, 15) is 0 Å². The smallest absolute Gasteiger partial charge is 0.122 e. The Balaban J connectivity index is 1.97. The van der Waals surface area contributed by atoms with E-state index in [0.29, 0.717) is 12.0 Å². The SMILES string of the molecule is CCC(NCC(C)CCO)c1ccc2c(c1)CCO2. The van der Waals surface area contributed by atoms with Crippen molar-refractivity contribution in [3.05, 3.63) is 29.3 Å². The van der Waals surface area contributed by atoms with E-state index in [1.807, 2.05) is 0 Å². The average Bonchev–Trinajstić information content (AvgIpc) is 2.87. The van der Waals surface area contributed by atoms with Crippen LogP contribution in [0, 0.1) is 5.92 Å². The molecule has 3 nitrogen and oxygen atoms in total. The fraction of sp³-hybridized carbons (Fsp3) is 0.625. The molecule has 106 valence electrons. The van der Waals surface area contributed by atoms with E-state index in [-0.39, 0.29) is 6.61 Å². The highest BCUT2D eigenvalue weighted by Gasteiger charge is 2.16. The van der Waals surface area contributed by atoms with E-state index >= 15 is 0 Å². The fourth-order valence-corrected chi connectivity index (χ4v) is 2.59. The van der Waals surface area contributed by atoms with Crippen molar-refractivity contribution in [1.29, 1.82) is 0 Å². The topological polar surface area (TPSA) is 41.5 Å². The Kier molecular flexibility index (Phi) is 5.23. The summed E-state index contributed by atoms with van der Waals surface area (Å²) in [5.41, 5.74) is 2.68. The molecule has 0 spiro atoms. The van der Waals surface area contributed by atoms with Crippen LogP contribution in [0.25, 0.3) is 0 Å². The lowest BCUT2D eigenvalue weighted by Crippen LogP contribution is -2.26. The number of ether oxygens (including phenoxy) is 1. The maximum atomic E-state index is 8.94. The summed E-state index contributed by atoms with van der Waals surface area (Å²) in [5.74, 6) is 1.56. The monoisotopic (exact) mass is 263 g/mol. The second-order valence-electron chi connectivity index (χ2n) is 5.45. The van der Waals surface area contributed by atoms with Gasteiger partial charge < -0.3 is 15.2 Å². The Hall–Kier alpha value is -1.06. The van der Waals surface area contributed by atoms with Crippen LogP contribution in [0.1, 0.15) is 43.9 Å². The molecule has 0 bridgehead atoms. The minimum atomic E-state index is 0.274. The molecule has 1 aromatic rings. The molecule has 1 heterocycles. The van der Waals surface area contributed by atoms with Crippen LogP contribution in [0.5, 0.6) is 5.75 Å². The van der Waals surface area contributed by atoms with Crippen LogP contribution < -0.4 is 10.1 Å². The summed E-state index contributed by atoms with van der Waals surface area (Å²) >= 11 is 0. The molecule has 0 saturated carbocycles. The molecular weight excluding hydrogens is 238 g/mol. The first kappa shape index (κ1) is 14.4. The van der Waals surface area contributed by atoms with Crippen molar-refractivity contribution in [2.45, 2.75) is 39.2 Å². The van der Waals surface area contributed by atoms with Crippen LogP contribution in [-0.4, -0.2) is 24.9 Å². The molecule has 0 aromatic heterocycles. The second-order valence-corrected chi connectivity index (χ2v) is 5.45. The molecule has 1 aromatic carbocycles. The summed E-state index contributed by atoms with van der Waals surface area (Å²) in [5, 5.41) is 12.5. The number of hydrogen-bond donors (Lipinski definition) is 2. The van der Waals surface area contributed by atoms with Gasteiger partial charge in [-0.2, -0.15) is 0 Å². The van der Waals surface area contributed by atoms with Crippen LogP contribution in [0.4, 0.5) is 0 Å². The van der Waals surface area contributed by atoms with Crippen molar-refractivity contribution >= 4 is 0 Å². The predicted octanol–water partition coefficient (Wildman–Crippen LogP) is 2.68.